The van der Waals surface area contributed by atoms with Crippen molar-refractivity contribution < 1.29 is 0 Å². The Labute approximate surface area is 70.7 Å². The number of H-pyrrole nitrogens is 1. The maximum absolute atomic E-state index is 5.00. The van der Waals surface area contributed by atoms with Gasteiger partial charge in [0.25, 0.3) is 0 Å². The van der Waals surface area contributed by atoms with Crippen LogP contribution in [0.4, 0.5) is 0 Å². The highest BCUT2D eigenvalue weighted by Gasteiger charge is 2.41. The van der Waals surface area contributed by atoms with Crippen LogP contribution in [0.3, 0.4) is 0 Å². The molecule has 2 nitrogen and oxygen atoms in total. The Balaban J connectivity index is 2.46. The largest absolute Gasteiger partial charge is 0.334 e. The Kier molecular flexibility index (Phi) is 1.36. The Morgan fingerprint density at radius 2 is 2.36 bits per heavy atom. The van der Waals surface area contributed by atoms with Gasteiger partial charge in [-0.3, -0.25) is 0 Å². The molecule has 1 saturated carbocycles. The highest BCUT2D eigenvalue weighted by molar-refractivity contribution is 7.71. The first-order chi connectivity index (χ1) is 5.21. The van der Waals surface area contributed by atoms with Gasteiger partial charge < -0.3 is 4.98 Å². The van der Waals surface area contributed by atoms with Crippen molar-refractivity contribution in [3.05, 3.63) is 22.7 Å². The first kappa shape index (κ1) is 6.98. The number of nitrogens with zero attached hydrogens (tertiary/aromatic N) is 1. The van der Waals surface area contributed by atoms with Crippen molar-refractivity contribution in [2.75, 3.05) is 0 Å². The Bertz CT molecular complexity index is 325. The van der Waals surface area contributed by atoms with Crippen LogP contribution in [0.25, 0.3) is 0 Å². The standard InChI is InChI=1S/C8H10N2S/c1-8(3-4-8)7-9-5-2-6(11)10-7/h2,5H,3-4H2,1H3,(H,9,10,11). The Hall–Kier alpha value is -0.700. The van der Waals surface area contributed by atoms with Crippen LogP contribution in [-0.2, 0) is 5.41 Å². The van der Waals surface area contributed by atoms with Crippen molar-refractivity contribution in [2.45, 2.75) is 25.2 Å². The molecule has 0 amide bonds. The predicted octanol–water partition coefficient (Wildman–Crippen LogP) is 2.19. The molecule has 1 fully saturated rings. The minimum atomic E-state index is 0.300. The minimum absolute atomic E-state index is 0.300. The van der Waals surface area contributed by atoms with Gasteiger partial charge in [-0.25, -0.2) is 4.98 Å². The SMILES string of the molecule is CC1(c2nccc(=S)[nH]2)CC1. The van der Waals surface area contributed by atoms with Crippen molar-refractivity contribution >= 4 is 12.2 Å². The predicted molar refractivity (Wildman–Crippen MR) is 46.0 cm³/mol. The molecule has 1 aliphatic rings. The van der Waals surface area contributed by atoms with Crippen molar-refractivity contribution in [3.63, 3.8) is 0 Å². The molecule has 0 radical (unpaired) electrons. The summed E-state index contributed by atoms with van der Waals surface area (Å²) in [7, 11) is 0. The van der Waals surface area contributed by atoms with Crippen LogP contribution >= 0.6 is 12.2 Å². The second kappa shape index (κ2) is 2.14. The Morgan fingerprint density at radius 3 is 2.91 bits per heavy atom. The van der Waals surface area contributed by atoms with E-state index in [1.54, 1.807) is 6.20 Å². The molecular formula is C8H10N2S. The van der Waals surface area contributed by atoms with Gasteiger partial charge in [0, 0.05) is 11.6 Å². The van der Waals surface area contributed by atoms with Gasteiger partial charge in [0.2, 0.25) is 0 Å². The lowest BCUT2D eigenvalue weighted by Crippen LogP contribution is -2.05. The molecule has 58 valence electrons. The van der Waals surface area contributed by atoms with E-state index >= 15 is 0 Å². The molecule has 1 heterocycles. The van der Waals surface area contributed by atoms with E-state index in [9.17, 15) is 0 Å². The molecule has 1 aromatic heterocycles. The summed E-state index contributed by atoms with van der Waals surface area (Å²) in [6, 6.07) is 1.81. The van der Waals surface area contributed by atoms with Gasteiger partial charge in [-0.05, 0) is 18.9 Å². The van der Waals surface area contributed by atoms with Crippen LogP contribution in [0.2, 0.25) is 0 Å². The zero-order chi connectivity index (χ0) is 7.90. The zero-order valence-electron chi connectivity index (χ0n) is 6.42. The van der Waals surface area contributed by atoms with Crippen LogP contribution in [-0.4, -0.2) is 9.97 Å². The van der Waals surface area contributed by atoms with Gasteiger partial charge in [-0.15, -0.1) is 0 Å². The van der Waals surface area contributed by atoms with E-state index in [2.05, 4.69) is 16.9 Å². The summed E-state index contributed by atoms with van der Waals surface area (Å²) in [5, 5.41) is 0. The number of aromatic amines is 1. The summed E-state index contributed by atoms with van der Waals surface area (Å²) in [6.07, 6.45) is 4.24. The van der Waals surface area contributed by atoms with E-state index in [0.29, 0.717) is 5.41 Å². The van der Waals surface area contributed by atoms with E-state index in [4.69, 9.17) is 12.2 Å². The van der Waals surface area contributed by atoms with Gasteiger partial charge in [0.15, 0.2) is 0 Å². The molecule has 0 aliphatic heterocycles. The lowest BCUT2D eigenvalue weighted by atomic mass is 10.1. The quantitative estimate of drug-likeness (QED) is 0.648. The first-order valence-corrected chi connectivity index (χ1v) is 4.17. The van der Waals surface area contributed by atoms with Crippen LogP contribution in [0.1, 0.15) is 25.6 Å². The molecule has 1 aliphatic carbocycles. The smallest absolute Gasteiger partial charge is 0.112 e. The van der Waals surface area contributed by atoms with Gasteiger partial charge in [0.1, 0.15) is 10.5 Å². The molecular weight excluding hydrogens is 156 g/mol. The number of nitrogens with one attached hydrogen (secondary N) is 1. The molecule has 0 spiro atoms. The molecule has 2 rings (SSSR count). The monoisotopic (exact) mass is 166 g/mol. The fraction of sp³-hybridized carbons (Fsp3) is 0.500. The molecule has 0 aromatic carbocycles. The van der Waals surface area contributed by atoms with Gasteiger partial charge in [-0.2, -0.15) is 0 Å². The van der Waals surface area contributed by atoms with Crippen molar-refractivity contribution in [2.24, 2.45) is 0 Å². The van der Waals surface area contributed by atoms with E-state index in [1.165, 1.54) is 12.8 Å². The van der Waals surface area contributed by atoms with Gasteiger partial charge in [0.05, 0.1) is 0 Å². The highest BCUT2D eigenvalue weighted by atomic mass is 32.1. The lowest BCUT2D eigenvalue weighted by molar-refractivity contribution is 0.706. The fourth-order valence-electron chi connectivity index (χ4n) is 1.10. The molecule has 1 aromatic rings. The van der Waals surface area contributed by atoms with Crippen LogP contribution in [0.15, 0.2) is 12.3 Å². The summed E-state index contributed by atoms with van der Waals surface area (Å²) in [6.45, 7) is 2.21. The summed E-state index contributed by atoms with van der Waals surface area (Å²) in [5.74, 6) is 1.05. The Morgan fingerprint density at radius 1 is 1.64 bits per heavy atom. The van der Waals surface area contributed by atoms with Crippen molar-refractivity contribution in [1.82, 2.24) is 9.97 Å². The fourth-order valence-corrected chi connectivity index (χ4v) is 1.26. The third-order valence-corrected chi connectivity index (χ3v) is 2.48. The van der Waals surface area contributed by atoms with Crippen molar-refractivity contribution in [3.8, 4) is 0 Å². The topological polar surface area (TPSA) is 28.7 Å². The second-order valence-electron chi connectivity index (χ2n) is 3.34. The lowest BCUT2D eigenvalue weighted by Gasteiger charge is -2.05. The average molecular weight is 166 g/mol. The summed E-state index contributed by atoms with van der Waals surface area (Å²) in [4.78, 5) is 7.36. The average Bonchev–Trinajstić information content (AvgIpc) is 2.70. The van der Waals surface area contributed by atoms with Gasteiger partial charge >= 0.3 is 0 Å². The normalized spacial score (nSPS) is 19.7. The minimum Gasteiger partial charge on any atom is -0.334 e. The first-order valence-electron chi connectivity index (χ1n) is 3.77. The summed E-state index contributed by atoms with van der Waals surface area (Å²) in [5.41, 5.74) is 0.300. The molecule has 1 N–H and O–H groups in total. The van der Waals surface area contributed by atoms with E-state index in [-0.39, 0.29) is 0 Å². The van der Waals surface area contributed by atoms with E-state index < -0.39 is 0 Å². The van der Waals surface area contributed by atoms with Gasteiger partial charge in [-0.1, -0.05) is 19.1 Å². The highest BCUT2D eigenvalue weighted by Crippen LogP contribution is 2.45. The maximum atomic E-state index is 5.00. The molecule has 11 heavy (non-hydrogen) atoms. The molecule has 0 unspecified atom stereocenters. The van der Waals surface area contributed by atoms with Crippen LogP contribution < -0.4 is 0 Å². The second-order valence-corrected chi connectivity index (χ2v) is 3.78. The molecule has 3 heteroatoms. The number of hydrogen-bond acceptors (Lipinski definition) is 2. The van der Waals surface area contributed by atoms with Crippen molar-refractivity contribution in [1.29, 1.82) is 0 Å². The maximum Gasteiger partial charge on any atom is 0.112 e. The zero-order valence-corrected chi connectivity index (χ0v) is 7.24. The number of hydrogen-bond donors (Lipinski definition) is 1. The third-order valence-electron chi connectivity index (χ3n) is 2.24. The molecule has 0 bridgehead atoms. The van der Waals surface area contributed by atoms with Crippen LogP contribution in [0.5, 0.6) is 0 Å². The van der Waals surface area contributed by atoms with E-state index in [1.807, 2.05) is 6.07 Å². The number of rotatable bonds is 1. The summed E-state index contributed by atoms with van der Waals surface area (Å²) < 4.78 is 0.781. The molecule has 0 atom stereocenters. The van der Waals surface area contributed by atoms with Crippen LogP contribution in [0, 0.1) is 4.64 Å². The summed E-state index contributed by atoms with van der Waals surface area (Å²) >= 11 is 5.00. The van der Waals surface area contributed by atoms with E-state index in [0.717, 1.165) is 10.5 Å². The molecule has 0 saturated heterocycles. The number of aromatic nitrogens is 2. The third kappa shape index (κ3) is 1.20.